The molecule has 0 aromatic heterocycles. The molecule has 1 amide bonds. The highest BCUT2D eigenvalue weighted by Crippen LogP contribution is 2.59. The average molecular weight is 507 g/mol. The lowest BCUT2D eigenvalue weighted by molar-refractivity contribution is -0.122. The molecule has 4 fully saturated rings. The summed E-state index contributed by atoms with van der Waals surface area (Å²) in [4.78, 5) is 12.8. The van der Waals surface area contributed by atoms with Crippen molar-refractivity contribution in [2.45, 2.75) is 77.0 Å². The molecule has 0 spiro atoms. The fourth-order valence-corrected chi connectivity index (χ4v) is 7.70. The molecule has 4 bridgehead atoms. The zero-order chi connectivity index (χ0) is 26.0. The van der Waals surface area contributed by atoms with Gasteiger partial charge in [-0.05, 0) is 104 Å². The monoisotopic (exact) mass is 506 g/mol. The predicted octanol–water partition coefficient (Wildman–Crippen LogP) is 4.01. The van der Waals surface area contributed by atoms with Crippen molar-refractivity contribution in [3.63, 3.8) is 0 Å². The number of phenols is 1. The van der Waals surface area contributed by atoms with Crippen LogP contribution in [-0.4, -0.2) is 40.4 Å². The first-order chi connectivity index (χ1) is 17.8. The number of aliphatic hydroxyl groups excluding tert-OH is 2. The van der Waals surface area contributed by atoms with Gasteiger partial charge in [-0.25, -0.2) is 0 Å². The standard InChI is InChI=1S/C31H42N2O4/c1-20(32-17-29(36)26-5-6-28(35)27(13-26)18-34)7-21-3-2-4-22(8-21)12-30(37)33-19-31-14-23-9-24(15-31)11-25(10-23)16-31/h2-6,8,13,20,23-25,29,32,34-36H,7,9-12,14-19H2,1H3,(H,33,37)/t20-,23?,24?,25?,29+,31?/m1/s1. The molecule has 2 aromatic carbocycles. The summed E-state index contributed by atoms with van der Waals surface area (Å²) in [5.41, 5.74) is 3.62. The molecule has 4 saturated carbocycles. The molecule has 0 radical (unpaired) electrons. The Labute approximate surface area is 220 Å². The molecule has 4 aliphatic carbocycles. The molecule has 4 aliphatic rings. The fourth-order valence-electron chi connectivity index (χ4n) is 7.70. The van der Waals surface area contributed by atoms with Gasteiger partial charge < -0.3 is 26.0 Å². The van der Waals surface area contributed by atoms with E-state index in [4.69, 9.17) is 0 Å². The number of hydrogen-bond acceptors (Lipinski definition) is 5. The van der Waals surface area contributed by atoms with Gasteiger partial charge in [-0.15, -0.1) is 0 Å². The molecular weight excluding hydrogens is 464 g/mol. The highest BCUT2D eigenvalue weighted by molar-refractivity contribution is 5.78. The molecule has 0 aliphatic heterocycles. The number of hydrogen-bond donors (Lipinski definition) is 5. The maximum atomic E-state index is 12.8. The second-order valence-corrected chi connectivity index (χ2v) is 12.3. The van der Waals surface area contributed by atoms with Gasteiger partial charge in [0.15, 0.2) is 0 Å². The molecule has 0 heterocycles. The third kappa shape index (κ3) is 6.36. The van der Waals surface area contributed by atoms with Crippen LogP contribution in [0, 0.1) is 23.2 Å². The Kier molecular flexibility index (Phi) is 7.89. The van der Waals surface area contributed by atoms with Crippen molar-refractivity contribution < 1.29 is 20.1 Å². The second-order valence-electron chi connectivity index (χ2n) is 12.3. The quantitative estimate of drug-likeness (QED) is 0.317. The lowest BCUT2D eigenvalue weighted by atomic mass is 9.49. The van der Waals surface area contributed by atoms with Gasteiger partial charge in [0, 0.05) is 24.7 Å². The SMILES string of the molecule is C[C@H](Cc1cccc(CC(=O)NCC23CC4CC(CC(C4)C2)C3)c1)NC[C@H](O)c1ccc(O)c(CO)c1. The second kappa shape index (κ2) is 11.1. The van der Waals surface area contributed by atoms with Crippen LogP contribution < -0.4 is 10.6 Å². The molecule has 2 atom stereocenters. The summed E-state index contributed by atoms with van der Waals surface area (Å²) < 4.78 is 0. The molecular formula is C31H42N2O4. The summed E-state index contributed by atoms with van der Waals surface area (Å²) in [5, 5.41) is 36.3. The van der Waals surface area contributed by atoms with Crippen molar-refractivity contribution in [1.29, 1.82) is 0 Å². The summed E-state index contributed by atoms with van der Waals surface area (Å²) >= 11 is 0. The van der Waals surface area contributed by atoms with Crippen molar-refractivity contribution >= 4 is 5.91 Å². The van der Waals surface area contributed by atoms with Crippen LogP contribution in [0.3, 0.4) is 0 Å². The summed E-state index contributed by atoms with van der Waals surface area (Å²) in [6.45, 7) is 3.02. The third-order valence-electron chi connectivity index (χ3n) is 9.04. The summed E-state index contributed by atoms with van der Waals surface area (Å²) in [5.74, 6) is 2.85. The van der Waals surface area contributed by atoms with Crippen LogP contribution in [0.15, 0.2) is 42.5 Å². The maximum Gasteiger partial charge on any atom is 0.224 e. The number of rotatable bonds is 11. The topological polar surface area (TPSA) is 102 Å². The van der Waals surface area contributed by atoms with Crippen molar-refractivity contribution in [2.24, 2.45) is 23.2 Å². The van der Waals surface area contributed by atoms with Gasteiger partial charge in [0.2, 0.25) is 5.91 Å². The predicted molar refractivity (Wildman–Crippen MR) is 144 cm³/mol. The van der Waals surface area contributed by atoms with Crippen LogP contribution in [0.5, 0.6) is 5.75 Å². The lowest BCUT2D eigenvalue weighted by Crippen LogP contribution is -2.51. The number of aromatic hydroxyl groups is 1. The van der Waals surface area contributed by atoms with Crippen molar-refractivity contribution in [3.8, 4) is 5.75 Å². The molecule has 6 nitrogen and oxygen atoms in total. The van der Waals surface area contributed by atoms with Gasteiger partial charge in [-0.3, -0.25) is 4.79 Å². The minimum absolute atomic E-state index is 0.0288. The van der Waals surface area contributed by atoms with Crippen molar-refractivity contribution in [2.75, 3.05) is 13.1 Å². The van der Waals surface area contributed by atoms with E-state index >= 15 is 0 Å². The van der Waals surface area contributed by atoms with E-state index in [-0.39, 0.29) is 24.3 Å². The summed E-state index contributed by atoms with van der Waals surface area (Å²) in [6.07, 6.45) is 8.66. The van der Waals surface area contributed by atoms with Crippen LogP contribution in [0.25, 0.3) is 0 Å². The van der Waals surface area contributed by atoms with Crippen LogP contribution in [0.2, 0.25) is 0 Å². The molecule has 2 aromatic rings. The largest absolute Gasteiger partial charge is 0.508 e. The number of aliphatic hydroxyl groups is 2. The number of benzene rings is 2. The van der Waals surface area contributed by atoms with E-state index in [9.17, 15) is 20.1 Å². The molecule has 0 unspecified atom stereocenters. The normalized spacial score (nSPS) is 27.7. The number of amides is 1. The highest BCUT2D eigenvalue weighted by atomic mass is 16.3. The van der Waals surface area contributed by atoms with E-state index in [1.165, 1.54) is 44.6 Å². The minimum Gasteiger partial charge on any atom is -0.508 e. The van der Waals surface area contributed by atoms with Gasteiger partial charge >= 0.3 is 0 Å². The number of nitrogens with one attached hydrogen (secondary N) is 2. The Balaban J connectivity index is 1.08. The Bertz CT molecular complexity index is 1070. The van der Waals surface area contributed by atoms with Gasteiger partial charge in [0.05, 0.1) is 19.1 Å². The van der Waals surface area contributed by atoms with Crippen molar-refractivity contribution in [3.05, 3.63) is 64.7 Å². The number of carbonyl (C=O) groups excluding carboxylic acids is 1. The smallest absolute Gasteiger partial charge is 0.224 e. The molecule has 37 heavy (non-hydrogen) atoms. The molecule has 6 rings (SSSR count). The summed E-state index contributed by atoms with van der Waals surface area (Å²) in [7, 11) is 0. The van der Waals surface area contributed by atoms with E-state index in [1.54, 1.807) is 12.1 Å². The van der Waals surface area contributed by atoms with E-state index in [2.05, 4.69) is 29.7 Å². The summed E-state index contributed by atoms with van der Waals surface area (Å²) in [6, 6.07) is 13.2. The minimum atomic E-state index is -0.739. The first-order valence-corrected chi connectivity index (χ1v) is 14.0. The zero-order valence-electron chi connectivity index (χ0n) is 22.0. The maximum absolute atomic E-state index is 12.8. The Morgan fingerprint density at radius 2 is 1.70 bits per heavy atom. The third-order valence-corrected chi connectivity index (χ3v) is 9.04. The van der Waals surface area contributed by atoms with Crippen LogP contribution >= 0.6 is 0 Å². The van der Waals surface area contributed by atoms with Gasteiger partial charge in [-0.1, -0.05) is 30.3 Å². The van der Waals surface area contributed by atoms with Crippen LogP contribution in [0.1, 0.15) is 73.8 Å². The fraction of sp³-hybridized carbons (Fsp3) is 0.581. The molecule has 6 heteroatoms. The first kappa shape index (κ1) is 26.2. The lowest BCUT2D eigenvalue weighted by Gasteiger charge is -2.56. The van der Waals surface area contributed by atoms with E-state index in [0.29, 0.717) is 29.5 Å². The molecule has 5 N–H and O–H groups in total. The first-order valence-electron chi connectivity index (χ1n) is 14.0. The highest BCUT2D eigenvalue weighted by Gasteiger charge is 2.50. The average Bonchev–Trinajstić information content (AvgIpc) is 2.86. The Morgan fingerprint density at radius 3 is 2.38 bits per heavy atom. The van der Waals surface area contributed by atoms with E-state index < -0.39 is 6.10 Å². The number of carbonyl (C=O) groups is 1. The van der Waals surface area contributed by atoms with Crippen LogP contribution in [-0.2, 0) is 24.2 Å². The van der Waals surface area contributed by atoms with Gasteiger partial charge in [0.25, 0.3) is 0 Å². The Morgan fingerprint density at radius 1 is 1.03 bits per heavy atom. The molecule has 0 saturated heterocycles. The van der Waals surface area contributed by atoms with Crippen molar-refractivity contribution in [1.82, 2.24) is 10.6 Å². The zero-order valence-corrected chi connectivity index (χ0v) is 22.0. The van der Waals surface area contributed by atoms with E-state index in [1.807, 2.05) is 12.1 Å². The van der Waals surface area contributed by atoms with Gasteiger partial charge in [-0.2, -0.15) is 0 Å². The van der Waals surface area contributed by atoms with Gasteiger partial charge in [0.1, 0.15) is 5.75 Å². The molecule has 200 valence electrons. The van der Waals surface area contributed by atoms with Crippen LogP contribution in [0.4, 0.5) is 0 Å². The van der Waals surface area contributed by atoms with E-state index in [0.717, 1.165) is 41.8 Å². The Hall–Kier alpha value is -2.41.